The Balaban J connectivity index is 2.57. The molecule has 0 radical (unpaired) electrons. The SMILES string of the molecule is CON(C)C(=O)[C@@H]1CCN1C(=O)OC(C)(C)C. The van der Waals surface area contributed by atoms with Crippen LogP contribution in [0.2, 0.25) is 0 Å². The minimum absolute atomic E-state index is 0.232. The maximum absolute atomic E-state index is 11.8. The maximum Gasteiger partial charge on any atom is 0.410 e. The molecule has 1 rings (SSSR count). The Labute approximate surface area is 101 Å². The van der Waals surface area contributed by atoms with Crippen LogP contribution in [0.1, 0.15) is 27.2 Å². The summed E-state index contributed by atoms with van der Waals surface area (Å²) in [6.45, 7) is 5.93. The number of ether oxygens (including phenoxy) is 1. The van der Waals surface area contributed by atoms with Crippen molar-refractivity contribution in [3.63, 3.8) is 0 Å². The van der Waals surface area contributed by atoms with Crippen LogP contribution in [0.4, 0.5) is 4.79 Å². The number of hydroxylamine groups is 2. The summed E-state index contributed by atoms with van der Waals surface area (Å²) in [4.78, 5) is 29.8. The first-order valence-corrected chi connectivity index (χ1v) is 5.57. The largest absolute Gasteiger partial charge is 0.444 e. The summed E-state index contributed by atoms with van der Waals surface area (Å²) in [6, 6.07) is -0.463. The molecule has 1 aliphatic heterocycles. The van der Waals surface area contributed by atoms with Crippen molar-refractivity contribution in [1.82, 2.24) is 9.96 Å². The number of amides is 2. The van der Waals surface area contributed by atoms with Crippen molar-refractivity contribution in [3.8, 4) is 0 Å². The lowest BCUT2D eigenvalue weighted by Crippen LogP contribution is -2.59. The van der Waals surface area contributed by atoms with E-state index in [0.29, 0.717) is 13.0 Å². The molecule has 1 aliphatic rings. The number of hydrogen-bond acceptors (Lipinski definition) is 4. The van der Waals surface area contributed by atoms with Gasteiger partial charge in [-0.25, -0.2) is 9.86 Å². The van der Waals surface area contributed by atoms with E-state index in [1.54, 1.807) is 20.8 Å². The topological polar surface area (TPSA) is 59.1 Å². The summed E-state index contributed by atoms with van der Waals surface area (Å²) in [6.07, 6.45) is 0.192. The lowest BCUT2D eigenvalue weighted by Gasteiger charge is -2.41. The quantitative estimate of drug-likeness (QED) is 0.680. The summed E-state index contributed by atoms with van der Waals surface area (Å²) in [5.74, 6) is -0.232. The molecular formula is C11H20N2O4. The van der Waals surface area contributed by atoms with Crippen LogP contribution in [-0.2, 0) is 14.4 Å². The van der Waals surface area contributed by atoms with Gasteiger partial charge in [0, 0.05) is 13.6 Å². The van der Waals surface area contributed by atoms with E-state index in [-0.39, 0.29) is 5.91 Å². The maximum atomic E-state index is 11.8. The fourth-order valence-electron chi connectivity index (χ4n) is 1.48. The Bertz CT molecular complexity index is 311. The number of likely N-dealkylation sites (tertiary alicyclic amines) is 1. The minimum Gasteiger partial charge on any atom is -0.444 e. The van der Waals surface area contributed by atoms with Crippen molar-refractivity contribution in [3.05, 3.63) is 0 Å². The van der Waals surface area contributed by atoms with Gasteiger partial charge in [0.2, 0.25) is 0 Å². The fraction of sp³-hybridized carbons (Fsp3) is 0.818. The zero-order valence-electron chi connectivity index (χ0n) is 11.0. The van der Waals surface area contributed by atoms with Gasteiger partial charge in [-0.3, -0.25) is 14.5 Å². The van der Waals surface area contributed by atoms with Crippen molar-refractivity contribution >= 4 is 12.0 Å². The molecule has 2 amide bonds. The molecule has 0 saturated carbocycles. The predicted molar refractivity (Wildman–Crippen MR) is 61.1 cm³/mol. The standard InChI is InChI=1S/C11H20N2O4/c1-11(2,3)17-10(15)13-7-6-8(13)9(14)12(4)16-5/h8H,6-7H2,1-5H3/t8-/m0/s1. The second kappa shape index (κ2) is 4.91. The molecular weight excluding hydrogens is 224 g/mol. The minimum atomic E-state index is -0.548. The number of nitrogens with zero attached hydrogens (tertiary/aromatic N) is 2. The first kappa shape index (κ1) is 13.8. The number of carbonyl (C=O) groups is 2. The normalized spacial score (nSPS) is 19.6. The average Bonchev–Trinajstić information content (AvgIpc) is 2.11. The van der Waals surface area contributed by atoms with E-state index in [1.165, 1.54) is 19.1 Å². The number of rotatable bonds is 2. The lowest BCUT2D eigenvalue weighted by atomic mass is 10.0. The molecule has 1 atom stereocenters. The monoisotopic (exact) mass is 244 g/mol. The third-order valence-electron chi connectivity index (χ3n) is 2.52. The van der Waals surface area contributed by atoms with Gasteiger partial charge in [0.25, 0.3) is 5.91 Å². The van der Waals surface area contributed by atoms with Gasteiger partial charge in [-0.15, -0.1) is 0 Å². The Morgan fingerprint density at radius 2 is 1.94 bits per heavy atom. The van der Waals surface area contributed by atoms with E-state index in [0.717, 1.165) is 5.06 Å². The third-order valence-corrected chi connectivity index (χ3v) is 2.52. The molecule has 1 saturated heterocycles. The summed E-state index contributed by atoms with van der Waals surface area (Å²) in [5, 5.41) is 1.13. The van der Waals surface area contributed by atoms with E-state index in [2.05, 4.69) is 0 Å². The van der Waals surface area contributed by atoms with E-state index in [9.17, 15) is 9.59 Å². The number of carbonyl (C=O) groups excluding carboxylic acids is 2. The molecule has 17 heavy (non-hydrogen) atoms. The second-order valence-electron chi connectivity index (χ2n) is 5.00. The van der Waals surface area contributed by atoms with Gasteiger partial charge in [0.15, 0.2) is 0 Å². The molecule has 98 valence electrons. The Morgan fingerprint density at radius 1 is 1.35 bits per heavy atom. The zero-order chi connectivity index (χ0) is 13.2. The van der Waals surface area contributed by atoms with Gasteiger partial charge in [-0.1, -0.05) is 0 Å². The van der Waals surface area contributed by atoms with Crippen LogP contribution in [-0.4, -0.2) is 54.3 Å². The Hall–Kier alpha value is -1.30. The third kappa shape index (κ3) is 3.33. The highest BCUT2D eigenvalue weighted by Gasteiger charge is 2.41. The van der Waals surface area contributed by atoms with Crippen LogP contribution in [0.15, 0.2) is 0 Å². The van der Waals surface area contributed by atoms with E-state index in [1.807, 2.05) is 0 Å². The van der Waals surface area contributed by atoms with Crippen molar-refractivity contribution in [2.24, 2.45) is 0 Å². The van der Waals surface area contributed by atoms with Gasteiger partial charge in [0.05, 0.1) is 7.11 Å². The van der Waals surface area contributed by atoms with Crippen LogP contribution in [0.25, 0.3) is 0 Å². The zero-order valence-corrected chi connectivity index (χ0v) is 11.0. The van der Waals surface area contributed by atoms with Crippen LogP contribution >= 0.6 is 0 Å². The highest BCUT2D eigenvalue weighted by atomic mass is 16.7. The van der Waals surface area contributed by atoms with Crippen molar-refractivity contribution in [2.45, 2.75) is 38.8 Å². The molecule has 0 aromatic rings. The highest BCUT2D eigenvalue weighted by molar-refractivity contribution is 5.86. The fourth-order valence-corrected chi connectivity index (χ4v) is 1.48. The summed E-state index contributed by atoms with van der Waals surface area (Å²) in [7, 11) is 2.93. The van der Waals surface area contributed by atoms with E-state index >= 15 is 0 Å². The van der Waals surface area contributed by atoms with Gasteiger partial charge >= 0.3 is 6.09 Å². The number of likely N-dealkylation sites (N-methyl/N-ethyl adjacent to an activating group) is 1. The summed E-state index contributed by atoms with van der Waals surface area (Å²) in [5.41, 5.74) is -0.548. The molecule has 0 N–H and O–H groups in total. The van der Waals surface area contributed by atoms with E-state index in [4.69, 9.17) is 9.57 Å². The highest BCUT2D eigenvalue weighted by Crippen LogP contribution is 2.22. The van der Waals surface area contributed by atoms with Crippen molar-refractivity contribution in [2.75, 3.05) is 20.7 Å². The molecule has 0 aromatic carbocycles. The molecule has 0 aromatic heterocycles. The van der Waals surface area contributed by atoms with Crippen molar-refractivity contribution < 1.29 is 19.2 Å². The lowest BCUT2D eigenvalue weighted by molar-refractivity contribution is -0.178. The molecule has 0 spiro atoms. The summed E-state index contributed by atoms with van der Waals surface area (Å²) >= 11 is 0. The predicted octanol–water partition coefficient (Wildman–Crippen LogP) is 1.02. The first-order chi connectivity index (χ1) is 7.76. The second-order valence-corrected chi connectivity index (χ2v) is 5.00. The smallest absolute Gasteiger partial charge is 0.410 e. The van der Waals surface area contributed by atoms with Gasteiger partial charge in [0.1, 0.15) is 11.6 Å². The molecule has 1 fully saturated rings. The van der Waals surface area contributed by atoms with E-state index < -0.39 is 17.7 Å². The Kier molecular flexibility index (Phi) is 3.98. The molecule has 0 bridgehead atoms. The molecule has 0 unspecified atom stereocenters. The van der Waals surface area contributed by atoms with Gasteiger partial charge in [-0.05, 0) is 27.2 Å². The van der Waals surface area contributed by atoms with Crippen LogP contribution in [0, 0.1) is 0 Å². The number of hydrogen-bond donors (Lipinski definition) is 0. The van der Waals surface area contributed by atoms with Crippen molar-refractivity contribution in [1.29, 1.82) is 0 Å². The van der Waals surface area contributed by atoms with Crippen LogP contribution < -0.4 is 0 Å². The van der Waals surface area contributed by atoms with Crippen LogP contribution in [0.5, 0.6) is 0 Å². The van der Waals surface area contributed by atoms with Gasteiger partial charge < -0.3 is 4.74 Å². The van der Waals surface area contributed by atoms with Crippen LogP contribution in [0.3, 0.4) is 0 Å². The molecule has 6 nitrogen and oxygen atoms in total. The molecule has 0 aliphatic carbocycles. The Morgan fingerprint density at radius 3 is 2.29 bits per heavy atom. The molecule has 1 heterocycles. The average molecular weight is 244 g/mol. The first-order valence-electron chi connectivity index (χ1n) is 5.57. The summed E-state index contributed by atoms with van der Waals surface area (Å²) < 4.78 is 5.21. The molecule has 6 heteroatoms. The van der Waals surface area contributed by atoms with Gasteiger partial charge in [-0.2, -0.15) is 0 Å².